The number of hydrogen-bond donors (Lipinski definition) is 2. The van der Waals surface area contributed by atoms with Crippen LogP contribution in [0.4, 0.5) is 9.18 Å². The van der Waals surface area contributed by atoms with Gasteiger partial charge in [0.25, 0.3) is 11.8 Å². The normalized spacial score (nSPS) is 14.0. The molecule has 1 heterocycles. The van der Waals surface area contributed by atoms with Crippen molar-refractivity contribution in [3.05, 3.63) is 64.4 Å². The zero-order valence-electron chi connectivity index (χ0n) is 12.5. The van der Waals surface area contributed by atoms with Crippen molar-refractivity contribution in [2.45, 2.75) is 0 Å². The van der Waals surface area contributed by atoms with Crippen molar-refractivity contribution < 1.29 is 23.5 Å². The molecule has 3 rings (SSSR count). The van der Waals surface area contributed by atoms with Gasteiger partial charge in [-0.2, -0.15) is 0 Å². The van der Waals surface area contributed by atoms with Gasteiger partial charge >= 0.3 is 6.03 Å². The molecule has 0 atom stereocenters. The summed E-state index contributed by atoms with van der Waals surface area (Å²) in [4.78, 5) is 34.7. The molecule has 0 spiro atoms. The summed E-state index contributed by atoms with van der Waals surface area (Å²) in [5.74, 6) is -1.79. The topological polar surface area (TPSA) is 84.5 Å². The van der Waals surface area contributed by atoms with Gasteiger partial charge in [0.2, 0.25) is 0 Å². The van der Waals surface area contributed by atoms with Gasteiger partial charge in [0.15, 0.2) is 0 Å². The number of amides is 4. The minimum Gasteiger partial charge on any atom is -0.457 e. The molecule has 2 N–H and O–H groups in total. The number of carbonyl (C=O) groups excluding carboxylic acids is 3. The first-order valence-electron chi connectivity index (χ1n) is 7.04. The summed E-state index contributed by atoms with van der Waals surface area (Å²) in [7, 11) is 0. The zero-order chi connectivity index (χ0) is 18.0. The molecule has 1 fully saturated rings. The average Bonchev–Trinajstić information content (AvgIpc) is 2.56. The molecular formula is C17H10ClFN2O4. The van der Waals surface area contributed by atoms with E-state index in [1.807, 2.05) is 10.6 Å². The molecule has 1 aliphatic rings. The summed E-state index contributed by atoms with van der Waals surface area (Å²) in [6.45, 7) is 0. The molecule has 6 nitrogen and oxygen atoms in total. The van der Waals surface area contributed by atoms with Gasteiger partial charge in [-0.25, -0.2) is 9.18 Å². The van der Waals surface area contributed by atoms with E-state index in [9.17, 15) is 18.8 Å². The van der Waals surface area contributed by atoms with Crippen LogP contribution in [-0.4, -0.2) is 17.8 Å². The Morgan fingerprint density at radius 1 is 1.00 bits per heavy atom. The Labute approximate surface area is 146 Å². The van der Waals surface area contributed by atoms with Crippen molar-refractivity contribution in [3.8, 4) is 11.5 Å². The molecule has 25 heavy (non-hydrogen) atoms. The number of hydrogen-bond acceptors (Lipinski definition) is 4. The number of ether oxygens (including phenoxy) is 1. The zero-order valence-corrected chi connectivity index (χ0v) is 13.3. The molecule has 126 valence electrons. The van der Waals surface area contributed by atoms with Gasteiger partial charge < -0.3 is 4.74 Å². The van der Waals surface area contributed by atoms with Crippen LogP contribution in [-0.2, 0) is 9.59 Å². The minimum absolute atomic E-state index is 0.0389. The summed E-state index contributed by atoms with van der Waals surface area (Å²) in [6, 6.07) is 9.60. The summed E-state index contributed by atoms with van der Waals surface area (Å²) in [5, 5.41) is 3.92. The fourth-order valence-corrected chi connectivity index (χ4v) is 2.24. The maximum absolute atomic E-state index is 13.5. The first-order valence-corrected chi connectivity index (χ1v) is 7.42. The van der Waals surface area contributed by atoms with E-state index in [1.54, 1.807) is 24.3 Å². The third-order valence-corrected chi connectivity index (χ3v) is 3.59. The number of benzene rings is 2. The van der Waals surface area contributed by atoms with Crippen LogP contribution in [0.1, 0.15) is 5.56 Å². The first-order chi connectivity index (χ1) is 11.9. The second kappa shape index (κ2) is 6.74. The predicted octanol–water partition coefficient (Wildman–Crippen LogP) is 3.02. The fourth-order valence-electron chi connectivity index (χ4n) is 2.12. The Kier molecular flexibility index (Phi) is 4.49. The van der Waals surface area contributed by atoms with Crippen molar-refractivity contribution in [3.63, 3.8) is 0 Å². The molecule has 1 aliphatic heterocycles. The van der Waals surface area contributed by atoms with Gasteiger partial charge in [0, 0.05) is 11.6 Å². The molecule has 0 radical (unpaired) electrons. The van der Waals surface area contributed by atoms with E-state index < -0.39 is 23.7 Å². The van der Waals surface area contributed by atoms with E-state index in [1.165, 1.54) is 18.2 Å². The van der Waals surface area contributed by atoms with Crippen LogP contribution in [0.15, 0.2) is 48.0 Å². The maximum atomic E-state index is 13.5. The van der Waals surface area contributed by atoms with Gasteiger partial charge in [0.1, 0.15) is 22.9 Å². The predicted molar refractivity (Wildman–Crippen MR) is 87.6 cm³/mol. The largest absolute Gasteiger partial charge is 0.457 e. The standard InChI is InChI=1S/C17H10ClFN2O4/c18-12-6-5-10(8-13(12)19)25-14-4-2-1-3-9(14)7-11-15(22)20-17(24)21-16(11)23/h1-8H,(H2,20,21,22,23,24). The van der Waals surface area contributed by atoms with Crippen LogP contribution in [0.25, 0.3) is 6.08 Å². The van der Waals surface area contributed by atoms with Crippen molar-refractivity contribution in [1.82, 2.24) is 10.6 Å². The highest BCUT2D eigenvalue weighted by atomic mass is 35.5. The first kappa shape index (κ1) is 16.7. The molecule has 2 aromatic carbocycles. The Morgan fingerprint density at radius 3 is 2.36 bits per heavy atom. The number of nitrogens with one attached hydrogen (secondary N) is 2. The number of urea groups is 1. The van der Waals surface area contributed by atoms with Gasteiger partial charge in [-0.15, -0.1) is 0 Å². The molecule has 8 heteroatoms. The Hall–Kier alpha value is -3.19. The van der Waals surface area contributed by atoms with Crippen molar-refractivity contribution in [1.29, 1.82) is 0 Å². The second-order valence-electron chi connectivity index (χ2n) is 5.01. The molecule has 2 aromatic rings. The Bertz CT molecular complexity index is 905. The lowest BCUT2D eigenvalue weighted by Gasteiger charge is -2.15. The lowest BCUT2D eigenvalue weighted by molar-refractivity contribution is -0.123. The van der Waals surface area contributed by atoms with Crippen LogP contribution in [0, 0.1) is 5.82 Å². The third-order valence-electron chi connectivity index (χ3n) is 3.28. The highest BCUT2D eigenvalue weighted by molar-refractivity contribution is 6.31. The highest BCUT2D eigenvalue weighted by Gasteiger charge is 2.28. The van der Waals surface area contributed by atoms with Gasteiger partial charge in [-0.05, 0) is 24.3 Å². The maximum Gasteiger partial charge on any atom is 0.328 e. The van der Waals surface area contributed by atoms with Crippen molar-refractivity contribution >= 4 is 35.5 Å². The van der Waals surface area contributed by atoms with Crippen molar-refractivity contribution in [2.24, 2.45) is 0 Å². The monoisotopic (exact) mass is 360 g/mol. The Balaban J connectivity index is 1.94. The number of carbonyl (C=O) groups is 3. The Morgan fingerprint density at radius 2 is 1.68 bits per heavy atom. The van der Waals surface area contributed by atoms with E-state index >= 15 is 0 Å². The van der Waals surface area contributed by atoms with Crippen LogP contribution in [0.2, 0.25) is 5.02 Å². The van der Waals surface area contributed by atoms with E-state index in [0.29, 0.717) is 5.56 Å². The lowest BCUT2D eigenvalue weighted by Crippen LogP contribution is -2.51. The smallest absolute Gasteiger partial charge is 0.328 e. The summed E-state index contributed by atoms with van der Waals surface area (Å²) in [5.41, 5.74) is 0.144. The molecule has 0 aromatic heterocycles. The average molecular weight is 361 g/mol. The van der Waals surface area contributed by atoms with Crippen LogP contribution in [0.5, 0.6) is 11.5 Å². The van der Waals surface area contributed by atoms with Gasteiger partial charge in [-0.1, -0.05) is 29.8 Å². The molecule has 0 saturated carbocycles. The summed E-state index contributed by atoms with van der Waals surface area (Å²) in [6.07, 6.45) is 1.28. The van der Waals surface area contributed by atoms with E-state index in [2.05, 4.69) is 0 Å². The van der Waals surface area contributed by atoms with Gasteiger partial charge in [-0.3, -0.25) is 20.2 Å². The van der Waals surface area contributed by atoms with Crippen LogP contribution >= 0.6 is 11.6 Å². The molecule has 1 saturated heterocycles. The fraction of sp³-hybridized carbons (Fsp3) is 0. The van der Waals surface area contributed by atoms with E-state index in [0.717, 1.165) is 6.07 Å². The molecule has 0 unspecified atom stereocenters. The number of barbiturate groups is 1. The molecular weight excluding hydrogens is 351 g/mol. The summed E-state index contributed by atoms with van der Waals surface area (Å²) >= 11 is 5.63. The summed E-state index contributed by atoms with van der Waals surface area (Å²) < 4.78 is 19.1. The highest BCUT2D eigenvalue weighted by Crippen LogP contribution is 2.29. The van der Waals surface area contributed by atoms with E-state index in [4.69, 9.17) is 16.3 Å². The SMILES string of the molecule is O=C1NC(=O)C(=Cc2ccccc2Oc2ccc(Cl)c(F)c2)C(=O)N1. The van der Waals surface area contributed by atoms with E-state index in [-0.39, 0.29) is 22.1 Å². The lowest BCUT2D eigenvalue weighted by atomic mass is 10.1. The van der Waals surface area contributed by atoms with Crippen LogP contribution < -0.4 is 15.4 Å². The molecule has 0 bridgehead atoms. The second-order valence-corrected chi connectivity index (χ2v) is 5.42. The number of halogens is 2. The van der Waals surface area contributed by atoms with Crippen molar-refractivity contribution in [2.75, 3.05) is 0 Å². The van der Waals surface area contributed by atoms with Gasteiger partial charge in [0.05, 0.1) is 5.02 Å². The number of rotatable bonds is 3. The molecule has 0 aliphatic carbocycles. The minimum atomic E-state index is -0.881. The quantitative estimate of drug-likeness (QED) is 0.651. The van der Waals surface area contributed by atoms with Crippen LogP contribution in [0.3, 0.4) is 0 Å². The third kappa shape index (κ3) is 3.67. The molecule has 4 amide bonds. The number of para-hydroxylation sites is 1. The number of imide groups is 2.